The van der Waals surface area contributed by atoms with Gasteiger partial charge < -0.3 is 0 Å². The molecular weight excluding hydrogens is 296 g/mol. The molecule has 0 aliphatic heterocycles. The van der Waals surface area contributed by atoms with Crippen LogP contribution in [0.3, 0.4) is 0 Å². The van der Waals surface area contributed by atoms with Gasteiger partial charge in [-0.2, -0.15) is 0 Å². The molecule has 0 N–H and O–H groups in total. The number of halogens is 1. The average molecular weight is 332 g/mol. The number of unbranched alkanes of at least 4 members (excludes halogenated alkanes) is 15. The van der Waals surface area contributed by atoms with Gasteiger partial charge in [0.15, 0.2) is 0 Å². The van der Waals surface area contributed by atoms with Crippen LogP contribution in [0, 0.1) is 6.92 Å². The van der Waals surface area contributed by atoms with Crippen LogP contribution in [0.1, 0.15) is 103 Å². The van der Waals surface area contributed by atoms with E-state index in [9.17, 15) is 0 Å². The van der Waals surface area contributed by atoms with E-state index in [0.29, 0.717) is 0 Å². The van der Waals surface area contributed by atoms with Gasteiger partial charge >= 0.3 is 0 Å². The maximum atomic E-state index is 3.89. The van der Waals surface area contributed by atoms with E-state index in [1.54, 1.807) is 0 Å². The molecule has 0 amide bonds. The van der Waals surface area contributed by atoms with Crippen molar-refractivity contribution < 1.29 is 0 Å². The van der Waals surface area contributed by atoms with E-state index in [2.05, 4.69) is 22.9 Å². The molecule has 0 fully saturated rings. The van der Waals surface area contributed by atoms with Crippen LogP contribution >= 0.6 is 15.9 Å². The number of rotatable bonds is 16. The molecule has 0 spiro atoms. The molecule has 0 heterocycles. The third kappa shape index (κ3) is 18.5. The summed E-state index contributed by atoms with van der Waals surface area (Å²) < 4.78 is 0. The normalized spacial score (nSPS) is 11.1. The van der Waals surface area contributed by atoms with Crippen molar-refractivity contribution in [2.45, 2.75) is 103 Å². The lowest BCUT2D eigenvalue weighted by Crippen LogP contribution is -1.83. The van der Waals surface area contributed by atoms with E-state index in [1.807, 2.05) is 0 Å². The highest BCUT2D eigenvalue weighted by molar-refractivity contribution is 9.09. The lowest BCUT2D eigenvalue weighted by molar-refractivity contribution is 0.533. The van der Waals surface area contributed by atoms with Gasteiger partial charge in [0.2, 0.25) is 0 Å². The summed E-state index contributed by atoms with van der Waals surface area (Å²) in [6.45, 7) is 3.89. The Kier molecular flexibility index (Phi) is 18.9. The maximum absolute atomic E-state index is 3.89. The summed E-state index contributed by atoms with van der Waals surface area (Å²) in [6.07, 6.45) is 22.7. The minimum Gasteiger partial charge on any atom is -0.0928 e. The fourth-order valence-corrected chi connectivity index (χ4v) is 2.97. The first kappa shape index (κ1) is 19.5. The van der Waals surface area contributed by atoms with Crippen LogP contribution < -0.4 is 0 Å². The fourth-order valence-electron chi connectivity index (χ4n) is 2.57. The molecule has 0 atom stereocenters. The Hall–Kier alpha value is 0.480. The van der Waals surface area contributed by atoms with Gasteiger partial charge in [-0.05, 0) is 6.42 Å². The van der Waals surface area contributed by atoms with Crippen LogP contribution in [0.2, 0.25) is 0 Å². The average Bonchev–Trinajstić information content (AvgIpc) is 2.43. The van der Waals surface area contributed by atoms with Gasteiger partial charge in [-0.1, -0.05) is 119 Å². The van der Waals surface area contributed by atoms with E-state index in [-0.39, 0.29) is 0 Å². The minimum atomic E-state index is 1.12. The highest BCUT2D eigenvalue weighted by Gasteiger charge is 1.94. The van der Waals surface area contributed by atoms with Crippen LogP contribution in [-0.2, 0) is 0 Å². The van der Waals surface area contributed by atoms with E-state index in [4.69, 9.17) is 0 Å². The highest BCUT2D eigenvalue weighted by Crippen LogP contribution is 2.13. The minimum absolute atomic E-state index is 1.12. The molecule has 0 aliphatic rings. The van der Waals surface area contributed by atoms with Gasteiger partial charge in [-0.3, -0.25) is 0 Å². The Morgan fingerprint density at radius 3 is 0.947 bits per heavy atom. The lowest BCUT2D eigenvalue weighted by atomic mass is 10.0. The molecule has 0 aromatic heterocycles. The molecular formula is C18H36Br. The standard InChI is InChI=1S/C18H36Br/c1-2-3-4-5-6-7-8-9-10-11-12-13-14-15-16-17-18-19/h1-18H2. The van der Waals surface area contributed by atoms with Crippen molar-refractivity contribution in [3.63, 3.8) is 0 Å². The molecule has 0 rings (SSSR count). The molecule has 0 aliphatic carbocycles. The van der Waals surface area contributed by atoms with Crippen molar-refractivity contribution >= 4 is 15.9 Å². The second-order valence-corrected chi connectivity index (χ2v) is 6.64. The SMILES string of the molecule is [CH2]CCCCCCCCCCCCCCCCCBr. The Balaban J connectivity index is 2.88. The molecule has 1 radical (unpaired) electrons. The summed E-state index contributed by atoms with van der Waals surface area (Å²) in [5, 5.41) is 1.18. The van der Waals surface area contributed by atoms with Crippen LogP contribution in [0.25, 0.3) is 0 Å². The zero-order valence-electron chi connectivity index (χ0n) is 13.1. The van der Waals surface area contributed by atoms with Gasteiger partial charge in [0.05, 0.1) is 0 Å². The quantitative estimate of drug-likeness (QED) is 0.203. The summed E-state index contributed by atoms with van der Waals surface area (Å²) in [4.78, 5) is 0. The summed E-state index contributed by atoms with van der Waals surface area (Å²) >= 11 is 3.49. The maximum Gasteiger partial charge on any atom is 0.00313 e. The smallest absolute Gasteiger partial charge is 0.00313 e. The summed E-state index contributed by atoms with van der Waals surface area (Å²) in [5.41, 5.74) is 0. The van der Waals surface area contributed by atoms with Crippen molar-refractivity contribution in [3.8, 4) is 0 Å². The first-order chi connectivity index (χ1) is 9.41. The Morgan fingerprint density at radius 1 is 0.421 bits per heavy atom. The Labute approximate surface area is 131 Å². The van der Waals surface area contributed by atoms with Crippen molar-refractivity contribution in [2.75, 3.05) is 5.33 Å². The van der Waals surface area contributed by atoms with Crippen molar-refractivity contribution in [2.24, 2.45) is 0 Å². The van der Waals surface area contributed by atoms with Crippen LogP contribution in [0.15, 0.2) is 0 Å². The Morgan fingerprint density at radius 2 is 0.684 bits per heavy atom. The number of alkyl halides is 1. The zero-order valence-corrected chi connectivity index (χ0v) is 14.7. The third-order valence-corrected chi connectivity index (χ3v) is 4.44. The summed E-state index contributed by atoms with van der Waals surface area (Å²) in [7, 11) is 0. The molecule has 115 valence electrons. The third-order valence-electron chi connectivity index (χ3n) is 3.88. The van der Waals surface area contributed by atoms with Crippen LogP contribution in [0.4, 0.5) is 0 Å². The van der Waals surface area contributed by atoms with Gasteiger partial charge in [0.1, 0.15) is 0 Å². The zero-order chi connectivity index (χ0) is 14.0. The lowest BCUT2D eigenvalue weighted by Gasteiger charge is -2.03. The van der Waals surface area contributed by atoms with Gasteiger partial charge in [0, 0.05) is 5.33 Å². The molecule has 0 aromatic carbocycles. The fraction of sp³-hybridized carbons (Fsp3) is 0.944. The summed E-state index contributed by atoms with van der Waals surface area (Å²) in [5.74, 6) is 0. The second kappa shape index (κ2) is 18.5. The Bertz CT molecular complexity index is 129. The largest absolute Gasteiger partial charge is 0.0928 e. The van der Waals surface area contributed by atoms with E-state index >= 15 is 0 Å². The van der Waals surface area contributed by atoms with Crippen LogP contribution in [-0.4, -0.2) is 5.33 Å². The predicted molar refractivity (Wildman–Crippen MR) is 93.0 cm³/mol. The molecule has 0 saturated carbocycles. The highest BCUT2D eigenvalue weighted by atomic mass is 79.9. The van der Waals surface area contributed by atoms with Crippen molar-refractivity contribution in [1.29, 1.82) is 0 Å². The topological polar surface area (TPSA) is 0 Å². The van der Waals surface area contributed by atoms with Crippen molar-refractivity contribution in [3.05, 3.63) is 6.92 Å². The van der Waals surface area contributed by atoms with E-state index in [0.717, 1.165) is 6.42 Å². The van der Waals surface area contributed by atoms with Gasteiger partial charge in [0.25, 0.3) is 0 Å². The van der Waals surface area contributed by atoms with Crippen molar-refractivity contribution in [1.82, 2.24) is 0 Å². The van der Waals surface area contributed by atoms with Gasteiger partial charge in [-0.15, -0.1) is 0 Å². The monoisotopic (exact) mass is 331 g/mol. The van der Waals surface area contributed by atoms with Crippen LogP contribution in [0.5, 0.6) is 0 Å². The van der Waals surface area contributed by atoms with E-state index < -0.39 is 0 Å². The molecule has 0 nitrogen and oxygen atoms in total. The molecule has 0 bridgehead atoms. The second-order valence-electron chi connectivity index (χ2n) is 5.85. The molecule has 0 saturated heterocycles. The first-order valence-electron chi connectivity index (χ1n) is 8.77. The molecule has 0 aromatic rings. The molecule has 1 heteroatoms. The van der Waals surface area contributed by atoms with Gasteiger partial charge in [-0.25, -0.2) is 0 Å². The predicted octanol–water partition coefficient (Wildman–Crippen LogP) is 7.46. The molecule has 0 unspecified atom stereocenters. The first-order valence-corrected chi connectivity index (χ1v) is 9.89. The van der Waals surface area contributed by atoms with E-state index in [1.165, 1.54) is 102 Å². The molecule has 19 heavy (non-hydrogen) atoms. The summed E-state index contributed by atoms with van der Waals surface area (Å²) in [6, 6.07) is 0. The number of hydrogen-bond acceptors (Lipinski definition) is 0. The number of hydrogen-bond donors (Lipinski definition) is 0.